The molecule has 0 saturated carbocycles. The van der Waals surface area contributed by atoms with E-state index in [-0.39, 0.29) is 0 Å². The summed E-state index contributed by atoms with van der Waals surface area (Å²) < 4.78 is 6.23. The summed E-state index contributed by atoms with van der Waals surface area (Å²) in [6, 6.07) is 3.78. The number of hydrogen-bond donors (Lipinski definition) is 1. The Balaban J connectivity index is 1.87. The quantitative estimate of drug-likeness (QED) is 0.922. The van der Waals surface area contributed by atoms with Crippen molar-refractivity contribution in [2.75, 3.05) is 13.1 Å². The predicted octanol–water partition coefficient (Wildman–Crippen LogP) is 2.36. The number of pyridine rings is 1. The first-order valence-electron chi connectivity index (χ1n) is 6.00. The van der Waals surface area contributed by atoms with Gasteiger partial charge in [-0.1, -0.05) is 5.16 Å². The molecule has 94 valence electrons. The largest absolute Gasteiger partial charge is 0.339 e. The fourth-order valence-corrected chi connectivity index (χ4v) is 2.54. The van der Waals surface area contributed by atoms with E-state index in [1.165, 1.54) is 0 Å². The molecule has 0 radical (unpaired) electrons. The Labute approximate surface area is 113 Å². The van der Waals surface area contributed by atoms with Crippen molar-refractivity contribution in [1.29, 1.82) is 0 Å². The molecule has 1 N–H and O–H groups in total. The van der Waals surface area contributed by atoms with Gasteiger partial charge in [-0.2, -0.15) is 4.98 Å². The molecule has 1 fully saturated rings. The zero-order valence-corrected chi connectivity index (χ0v) is 11.4. The molecule has 2 aromatic rings. The highest BCUT2D eigenvalue weighted by Gasteiger charge is 2.22. The first kappa shape index (κ1) is 11.8. The maximum Gasteiger partial charge on any atom is 0.231 e. The highest BCUT2D eigenvalue weighted by molar-refractivity contribution is 9.10. The number of aromatic nitrogens is 3. The normalized spacial score (nSPS) is 19.9. The van der Waals surface area contributed by atoms with E-state index >= 15 is 0 Å². The van der Waals surface area contributed by atoms with Crippen molar-refractivity contribution in [2.45, 2.75) is 18.8 Å². The second kappa shape index (κ2) is 5.16. The average Bonchev–Trinajstić information content (AvgIpc) is 2.90. The van der Waals surface area contributed by atoms with E-state index in [9.17, 15) is 0 Å². The van der Waals surface area contributed by atoms with E-state index in [1.807, 2.05) is 12.1 Å². The molecule has 6 heteroatoms. The number of piperidine rings is 1. The summed E-state index contributed by atoms with van der Waals surface area (Å²) in [6.45, 7) is 1.98. The maximum atomic E-state index is 5.35. The van der Waals surface area contributed by atoms with Crippen LogP contribution in [0.3, 0.4) is 0 Å². The zero-order chi connectivity index (χ0) is 12.4. The van der Waals surface area contributed by atoms with E-state index in [4.69, 9.17) is 4.52 Å². The molecule has 3 heterocycles. The van der Waals surface area contributed by atoms with Crippen LogP contribution in [0.4, 0.5) is 0 Å². The number of nitrogens with one attached hydrogen (secondary N) is 1. The maximum absolute atomic E-state index is 5.35. The lowest BCUT2D eigenvalue weighted by molar-refractivity contribution is 0.322. The van der Waals surface area contributed by atoms with Gasteiger partial charge in [0.1, 0.15) is 5.69 Å². The molecule has 0 amide bonds. The van der Waals surface area contributed by atoms with E-state index in [2.05, 4.69) is 36.4 Å². The van der Waals surface area contributed by atoms with Crippen LogP contribution in [0.2, 0.25) is 0 Å². The minimum atomic E-state index is 0.322. The molecule has 5 nitrogen and oxygen atoms in total. The number of halogens is 1. The minimum Gasteiger partial charge on any atom is -0.339 e. The van der Waals surface area contributed by atoms with Gasteiger partial charge in [0.15, 0.2) is 0 Å². The summed E-state index contributed by atoms with van der Waals surface area (Å²) in [5.41, 5.74) is 0.719. The topological polar surface area (TPSA) is 63.8 Å². The molecule has 2 aromatic heterocycles. The standard InChI is InChI=1S/C12H13BrN4O/c13-9-4-2-6-15-10(9)11-16-12(18-17-11)8-3-1-5-14-7-8/h2,4,6,8,14H,1,3,5,7H2. The van der Waals surface area contributed by atoms with Crippen molar-refractivity contribution < 1.29 is 4.52 Å². The lowest BCUT2D eigenvalue weighted by Crippen LogP contribution is -2.28. The molecule has 1 unspecified atom stereocenters. The monoisotopic (exact) mass is 308 g/mol. The molecule has 1 aliphatic heterocycles. The Morgan fingerprint density at radius 1 is 1.44 bits per heavy atom. The van der Waals surface area contributed by atoms with Gasteiger partial charge >= 0.3 is 0 Å². The van der Waals surface area contributed by atoms with Crippen LogP contribution in [-0.2, 0) is 0 Å². The van der Waals surface area contributed by atoms with Crippen molar-refractivity contribution in [3.8, 4) is 11.5 Å². The van der Waals surface area contributed by atoms with Crippen molar-refractivity contribution in [2.24, 2.45) is 0 Å². The molecule has 0 bridgehead atoms. The van der Waals surface area contributed by atoms with Crippen molar-refractivity contribution in [3.05, 3.63) is 28.7 Å². The van der Waals surface area contributed by atoms with Gasteiger partial charge in [-0.3, -0.25) is 4.98 Å². The molecule has 1 saturated heterocycles. The Kier molecular flexibility index (Phi) is 3.38. The summed E-state index contributed by atoms with van der Waals surface area (Å²) in [4.78, 5) is 8.71. The van der Waals surface area contributed by atoms with Crippen molar-refractivity contribution in [1.82, 2.24) is 20.4 Å². The summed E-state index contributed by atoms with van der Waals surface area (Å²) in [7, 11) is 0. The highest BCUT2D eigenvalue weighted by atomic mass is 79.9. The fraction of sp³-hybridized carbons (Fsp3) is 0.417. The Morgan fingerprint density at radius 2 is 2.39 bits per heavy atom. The third-order valence-corrected chi connectivity index (χ3v) is 3.70. The van der Waals surface area contributed by atoms with E-state index < -0.39 is 0 Å². The zero-order valence-electron chi connectivity index (χ0n) is 9.77. The third-order valence-electron chi connectivity index (χ3n) is 3.06. The van der Waals surface area contributed by atoms with Gasteiger partial charge in [0, 0.05) is 17.2 Å². The summed E-state index contributed by atoms with van der Waals surface area (Å²) >= 11 is 3.44. The molecule has 0 aliphatic carbocycles. The molecule has 18 heavy (non-hydrogen) atoms. The van der Waals surface area contributed by atoms with Crippen LogP contribution in [0, 0.1) is 0 Å². The molecular formula is C12H13BrN4O. The molecule has 3 rings (SSSR count). The van der Waals surface area contributed by atoms with Crippen LogP contribution in [0.15, 0.2) is 27.3 Å². The van der Waals surface area contributed by atoms with Gasteiger partial charge in [-0.05, 0) is 47.4 Å². The third kappa shape index (κ3) is 2.30. The second-order valence-electron chi connectivity index (χ2n) is 4.33. The molecule has 0 aromatic carbocycles. The number of hydrogen-bond acceptors (Lipinski definition) is 5. The van der Waals surface area contributed by atoms with Gasteiger partial charge in [0.2, 0.25) is 11.7 Å². The van der Waals surface area contributed by atoms with Crippen LogP contribution in [0.1, 0.15) is 24.7 Å². The van der Waals surface area contributed by atoms with Gasteiger partial charge in [-0.25, -0.2) is 0 Å². The van der Waals surface area contributed by atoms with Gasteiger partial charge in [0.05, 0.1) is 5.92 Å². The SMILES string of the molecule is Brc1cccnc1-c1noc(C2CCCNC2)n1. The van der Waals surface area contributed by atoms with Gasteiger partial charge in [-0.15, -0.1) is 0 Å². The van der Waals surface area contributed by atoms with Gasteiger partial charge < -0.3 is 9.84 Å². The Bertz CT molecular complexity index is 536. The molecular weight excluding hydrogens is 296 g/mol. The smallest absolute Gasteiger partial charge is 0.231 e. The number of nitrogens with zero attached hydrogens (tertiary/aromatic N) is 3. The fourth-order valence-electron chi connectivity index (χ4n) is 2.11. The summed E-state index contributed by atoms with van der Waals surface area (Å²) in [5, 5.41) is 7.36. The van der Waals surface area contributed by atoms with Crippen LogP contribution < -0.4 is 5.32 Å². The highest BCUT2D eigenvalue weighted by Crippen LogP contribution is 2.26. The van der Waals surface area contributed by atoms with Crippen LogP contribution in [0.5, 0.6) is 0 Å². The Hall–Kier alpha value is -1.27. The number of rotatable bonds is 2. The lowest BCUT2D eigenvalue weighted by Gasteiger charge is -2.18. The van der Waals surface area contributed by atoms with Gasteiger partial charge in [0.25, 0.3) is 0 Å². The van der Waals surface area contributed by atoms with E-state index in [0.717, 1.165) is 36.1 Å². The van der Waals surface area contributed by atoms with Crippen LogP contribution in [-0.4, -0.2) is 28.2 Å². The van der Waals surface area contributed by atoms with E-state index in [0.29, 0.717) is 17.6 Å². The first-order valence-corrected chi connectivity index (χ1v) is 6.79. The average molecular weight is 309 g/mol. The van der Waals surface area contributed by atoms with E-state index in [1.54, 1.807) is 6.20 Å². The summed E-state index contributed by atoms with van der Waals surface area (Å²) in [6.07, 6.45) is 3.96. The molecule has 0 spiro atoms. The molecule has 1 aliphatic rings. The first-order chi connectivity index (χ1) is 8.84. The second-order valence-corrected chi connectivity index (χ2v) is 5.19. The molecule has 1 atom stereocenters. The van der Waals surface area contributed by atoms with Crippen molar-refractivity contribution in [3.63, 3.8) is 0 Å². The predicted molar refractivity (Wildman–Crippen MR) is 70.1 cm³/mol. The lowest BCUT2D eigenvalue weighted by atomic mass is 10.00. The Morgan fingerprint density at radius 3 is 3.17 bits per heavy atom. The van der Waals surface area contributed by atoms with Crippen LogP contribution >= 0.6 is 15.9 Å². The summed E-state index contributed by atoms with van der Waals surface area (Å²) in [5.74, 6) is 1.57. The minimum absolute atomic E-state index is 0.322. The van der Waals surface area contributed by atoms with Crippen LogP contribution in [0.25, 0.3) is 11.5 Å². The van der Waals surface area contributed by atoms with Crippen molar-refractivity contribution >= 4 is 15.9 Å².